The largest absolute Gasteiger partial charge is 0.382 e. The molecule has 7 rings (SSSR count). The van der Waals surface area contributed by atoms with Crippen LogP contribution in [0.1, 0.15) is 54.8 Å². The van der Waals surface area contributed by atoms with Gasteiger partial charge in [-0.1, -0.05) is 43.3 Å². The Morgan fingerprint density at radius 3 is 2.43 bits per heavy atom. The molecule has 0 saturated carbocycles. The molecule has 0 aliphatic carbocycles. The summed E-state index contributed by atoms with van der Waals surface area (Å²) in [6, 6.07) is 13.6. The molecule has 2 saturated heterocycles. The minimum atomic E-state index is -3.74. The van der Waals surface area contributed by atoms with Crippen molar-refractivity contribution in [1.82, 2.24) is 39.7 Å². The summed E-state index contributed by atoms with van der Waals surface area (Å²) in [7, 11) is -3.74. The van der Waals surface area contributed by atoms with E-state index < -0.39 is 9.84 Å². The summed E-state index contributed by atoms with van der Waals surface area (Å²) in [4.78, 5) is 28.8. The monoisotopic (exact) mass is 583 g/mol. The van der Waals surface area contributed by atoms with Crippen LogP contribution in [0.2, 0.25) is 0 Å². The van der Waals surface area contributed by atoms with Crippen molar-refractivity contribution in [3.63, 3.8) is 0 Å². The van der Waals surface area contributed by atoms with Crippen molar-refractivity contribution in [3.8, 4) is 22.4 Å². The second-order valence-electron chi connectivity index (χ2n) is 10.8. The lowest BCUT2D eigenvalue weighted by molar-refractivity contribution is 0.0556. The van der Waals surface area contributed by atoms with E-state index in [1.807, 2.05) is 47.4 Å². The SMILES string of the molecule is CCS(=O)(=O)c1c(C2C[C@H]3CC[C@@H](C2)N3C(=O)c2ncn[nH]2)nc2c(-c3ccc(-c4ccccc4)nc3)cnn2c1N. The highest BCUT2D eigenvalue weighted by Crippen LogP contribution is 2.46. The topological polar surface area (TPSA) is 165 Å². The first-order chi connectivity index (χ1) is 20.4. The molecule has 2 fully saturated rings. The van der Waals surface area contributed by atoms with Gasteiger partial charge < -0.3 is 10.6 Å². The highest BCUT2D eigenvalue weighted by atomic mass is 32.2. The number of nitrogens with zero attached hydrogens (tertiary/aromatic N) is 7. The molecule has 214 valence electrons. The molecule has 4 aromatic heterocycles. The van der Waals surface area contributed by atoms with E-state index in [1.54, 1.807) is 19.3 Å². The fraction of sp³-hybridized carbons (Fsp3) is 0.310. The number of amides is 1. The van der Waals surface area contributed by atoms with E-state index in [1.165, 1.54) is 10.8 Å². The van der Waals surface area contributed by atoms with Crippen molar-refractivity contribution in [2.45, 2.75) is 55.5 Å². The fourth-order valence-corrected chi connectivity index (χ4v) is 7.68. The van der Waals surface area contributed by atoms with Gasteiger partial charge in [0.1, 0.15) is 17.0 Å². The zero-order chi connectivity index (χ0) is 29.0. The Labute approximate surface area is 241 Å². The Hall–Kier alpha value is -4.65. The maximum absolute atomic E-state index is 13.4. The van der Waals surface area contributed by atoms with Gasteiger partial charge in [-0.2, -0.15) is 14.7 Å². The molecule has 1 aromatic carbocycles. The number of hydrogen-bond donors (Lipinski definition) is 2. The van der Waals surface area contributed by atoms with Gasteiger partial charge in [-0.05, 0) is 31.7 Å². The van der Waals surface area contributed by atoms with Crippen LogP contribution in [0, 0.1) is 0 Å². The molecule has 2 bridgehead atoms. The lowest BCUT2D eigenvalue weighted by Gasteiger charge is -2.38. The molecule has 1 amide bonds. The smallest absolute Gasteiger partial charge is 0.291 e. The van der Waals surface area contributed by atoms with E-state index in [0.717, 1.165) is 29.7 Å². The summed E-state index contributed by atoms with van der Waals surface area (Å²) in [6.45, 7) is 1.60. The van der Waals surface area contributed by atoms with Gasteiger partial charge in [0.2, 0.25) is 5.82 Å². The predicted octanol–water partition coefficient (Wildman–Crippen LogP) is 3.50. The second-order valence-corrected chi connectivity index (χ2v) is 13.0. The molecule has 6 heterocycles. The van der Waals surface area contributed by atoms with Gasteiger partial charge in [0.15, 0.2) is 15.5 Å². The van der Waals surface area contributed by atoms with Gasteiger partial charge in [0.25, 0.3) is 5.91 Å². The third-order valence-corrected chi connectivity index (χ3v) is 10.3. The standard InChI is InChI=1S/C29H29N9O3S/c1-2-42(40,41)25-24(19-12-20-9-10-21(13-19)37(20)29(39)27-32-16-33-36-27)35-28-22(15-34-38(28)26(25)30)18-8-11-23(31-14-18)17-6-4-3-5-7-17/h3-8,11,14-16,19-21H,2,9-10,12-13,30H2,1H3,(H,32,33,36)/t19?,20-,21+. The number of nitrogen functional groups attached to an aromatic ring is 1. The normalized spacial score (nSPS) is 20.3. The summed E-state index contributed by atoms with van der Waals surface area (Å²) in [5, 5.41) is 10.9. The molecule has 1 unspecified atom stereocenters. The number of aromatic nitrogens is 7. The van der Waals surface area contributed by atoms with Gasteiger partial charge in [-0.25, -0.2) is 18.4 Å². The number of nitrogens with one attached hydrogen (secondary N) is 1. The molecular formula is C29H29N9O3S. The van der Waals surface area contributed by atoms with Crippen molar-refractivity contribution in [3.05, 3.63) is 72.7 Å². The van der Waals surface area contributed by atoms with E-state index in [2.05, 4.69) is 25.3 Å². The lowest BCUT2D eigenvalue weighted by atomic mass is 9.87. The molecule has 0 radical (unpaired) electrons. The molecule has 42 heavy (non-hydrogen) atoms. The molecule has 2 aliphatic heterocycles. The molecule has 12 nitrogen and oxygen atoms in total. The van der Waals surface area contributed by atoms with Crippen LogP contribution in [-0.4, -0.2) is 71.8 Å². The molecule has 0 spiro atoms. The number of piperidine rings is 1. The highest BCUT2D eigenvalue weighted by Gasteiger charge is 2.46. The van der Waals surface area contributed by atoms with Crippen LogP contribution in [0.15, 0.2) is 66.1 Å². The van der Waals surface area contributed by atoms with E-state index in [0.29, 0.717) is 29.7 Å². The minimum Gasteiger partial charge on any atom is -0.382 e. The van der Waals surface area contributed by atoms with Crippen LogP contribution in [0.3, 0.4) is 0 Å². The number of rotatable bonds is 6. The summed E-state index contributed by atoms with van der Waals surface area (Å²) in [6.07, 6.45) is 7.52. The average molecular weight is 584 g/mol. The number of anilines is 1. The summed E-state index contributed by atoms with van der Waals surface area (Å²) < 4.78 is 28.3. The van der Waals surface area contributed by atoms with Crippen LogP contribution < -0.4 is 5.73 Å². The van der Waals surface area contributed by atoms with Crippen molar-refractivity contribution < 1.29 is 13.2 Å². The van der Waals surface area contributed by atoms with Crippen LogP contribution in [0.4, 0.5) is 5.82 Å². The van der Waals surface area contributed by atoms with Crippen molar-refractivity contribution >= 4 is 27.2 Å². The highest BCUT2D eigenvalue weighted by molar-refractivity contribution is 7.91. The first kappa shape index (κ1) is 26.3. The van der Waals surface area contributed by atoms with Gasteiger partial charge >= 0.3 is 0 Å². The Bertz CT molecular complexity index is 1870. The van der Waals surface area contributed by atoms with Gasteiger partial charge in [-0.3, -0.25) is 14.9 Å². The number of hydrogen-bond acceptors (Lipinski definition) is 9. The first-order valence-electron chi connectivity index (χ1n) is 14.0. The number of carbonyl (C=O) groups excluding carboxylic acids is 1. The van der Waals surface area contributed by atoms with Crippen LogP contribution in [0.5, 0.6) is 0 Å². The van der Waals surface area contributed by atoms with Crippen molar-refractivity contribution in [2.24, 2.45) is 0 Å². The number of fused-ring (bicyclic) bond motifs is 3. The lowest BCUT2D eigenvalue weighted by Crippen LogP contribution is -2.46. The average Bonchev–Trinajstić information content (AvgIpc) is 3.76. The molecule has 3 atom stereocenters. The van der Waals surface area contributed by atoms with Crippen LogP contribution in [0.25, 0.3) is 28.0 Å². The third-order valence-electron chi connectivity index (χ3n) is 8.47. The van der Waals surface area contributed by atoms with Gasteiger partial charge in [-0.15, -0.1) is 0 Å². The number of nitrogens with two attached hydrogens (primary N) is 1. The van der Waals surface area contributed by atoms with Crippen molar-refractivity contribution in [1.29, 1.82) is 0 Å². The Kier molecular flexibility index (Phi) is 6.26. The van der Waals surface area contributed by atoms with E-state index in [9.17, 15) is 13.2 Å². The first-order valence-corrected chi connectivity index (χ1v) is 15.6. The van der Waals surface area contributed by atoms with Crippen LogP contribution in [-0.2, 0) is 9.84 Å². The van der Waals surface area contributed by atoms with E-state index in [-0.39, 0.29) is 46.2 Å². The zero-order valence-corrected chi connectivity index (χ0v) is 23.7. The van der Waals surface area contributed by atoms with Gasteiger partial charge in [0.05, 0.1) is 23.3 Å². The summed E-state index contributed by atoms with van der Waals surface area (Å²) in [5.74, 6) is -0.256. The molecule has 2 aliphatic rings. The zero-order valence-electron chi connectivity index (χ0n) is 22.9. The van der Waals surface area contributed by atoms with Crippen LogP contribution >= 0.6 is 0 Å². The number of carbonyl (C=O) groups is 1. The molecular weight excluding hydrogens is 554 g/mol. The van der Waals surface area contributed by atoms with Gasteiger partial charge in [0, 0.05) is 40.9 Å². The predicted molar refractivity (Wildman–Crippen MR) is 155 cm³/mol. The summed E-state index contributed by atoms with van der Waals surface area (Å²) >= 11 is 0. The number of sulfone groups is 1. The number of H-pyrrole nitrogens is 1. The van der Waals surface area contributed by atoms with E-state index >= 15 is 0 Å². The number of benzene rings is 1. The maximum Gasteiger partial charge on any atom is 0.291 e. The Morgan fingerprint density at radius 1 is 1.02 bits per heavy atom. The van der Waals surface area contributed by atoms with E-state index in [4.69, 9.17) is 10.7 Å². The third kappa shape index (κ3) is 4.23. The number of pyridine rings is 1. The van der Waals surface area contributed by atoms with Crippen molar-refractivity contribution in [2.75, 3.05) is 11.5 Å². The molecule has 3 N–H and O–H groups in total. The Morgan fingerprint density at radius 2 is 1.79 bits per heavy atom. The molecule has 13 heteroatoms. The Balaban J connectivity index is 1.30. The minimum absolute atomic E-state index is 0.0316. The molecule has 5 aromatic rings. The maximum atomic E-state index is 13.4. The number of aromatic amines is 1. The summed E-state index contributed by atoms with van der Waals surface area (Å²) in [5.41, 5.74) is 10.8. The quantitative estimate of drug-likeness (QED) is 0.304. The second kappa shape index (κ2) is 10.0. The fourth-order valence-electron chi connectivity index (χ4n) is 6.46.